The predicted octanol–water partition coefficient (Wildman–Crippen LogP) is 5.70. The van der Waals surface area contributed by atoms with Crippen LogP contribution in [0, 0.1) is 6.92 Å². The molecule has 0 amide bonds. The van der Waals surface area contributed by atoms with Crippen LogP contribution >= 0.6 is 0 Å². The number of hydrogen-bond donors (Lipinski definition) is 1. The summed E-state index contributed by atoms with van der Waals surface area (Å²) in [6, 6.07) is 21.7. The normalized spacial score (nSPS) is 12.0. The zero-order chi connectivity index (χ0) is 19.9. The van der Waals surface area contributed by atoms with Crippen molar-refractivity contribution in [2.24, 2.45) is 0 Å². The van der Waals surface area contributed by atoms with E-state index in [1.807, 2.05) is 13.0 Å². The maximum Gasteiger partial charge on any atom is 0.294 e. The highest BCUT2D eigenvalue weighted by molar-refractivity contribution is 7.85. The Labute approximate surface area is 165 Å². The minimum absolute atomic E-state index is 0.0713. The van der Waals surface area contributed by atoms with E-state index in [0.717, 1.165) is 28.3 Å². The number of hydrogen-bond acceptors (Lipinski definition) is 2. The molecule has 142 valence electrons. The summed E-state index contributed by atoms with van der Waals surface area (Å²) in [6.45, 7) is 4.16. The largest absolute Gasteiger partial charge is 0.294 e. The minimum atomic E-state index is -4.24. The highest BCUT2D eigenvalue weighted by atomic mass is 32.2. The molecule has 0 unspecified atom stereocenters. The van der Waals surface area contributed by atoms with Gasteiger partial charge in [0.15, 0.2) is 0 Å². The van der Waals surface area contributed by atoms with Crippen LogP contribution in [0.1, 0.15) is 29.2 Å². The van der Waals surface area contributed by atoms with Gasteiger partial charge in [0.1, 0.15) is 0 Å². The van der Waals surface area contributed by atoms with Crippen LogP contribution < -0.4 is 0 Å². The second-order valence-corrected chi connectivity index (χ2v) is 8.61. The molecule has 0 bridgehead atoms. The molecule has 4 heteroatoms. The molecule has 0 aliphatic rings. The number of aryl methyl sites for hydroxylation is 2. The summed E-state index contributed by atoms with van der Waals surface area (Å²) in [5, 5.41) is 4.34. The average Bonchev–Trinajstić information content (AvgIpc) is 2.69. The SMILES string of the molecule is CCc1ccc(Cc2ccc(C)c3ccc(S(=O)(=O)O)cc23)c2ccccc12. The van der Waals surface area contributed by atoms with Gasteiger partial charge in [-0.1, -0.05) is 61.5 Å². The van der Waals surface area contributed by atoms with Crippen molar-refractivity contribution in [1.29, 1.82) is 0 Å². The summed E-state index contributed by atoms with van der Waals surface area (Å²) in [5.41, 5.74) is 4.64. The van der Waals surface area contributed by atoms with Crippen molar-refractivity contribution in [2.75, 3.05) is 0 Å². The molecular formula is C24H22O3S. The Morgan fingerprint density at radius 2 is 1.36 bits per heavy atom. The molecular weight excluding hydrogens is 368 g/mol. The van der Waals surface area contributed by atoms with Crippen LogP contribution in [0.5, 0.6) is 0 Å². The predicted molar refractivity (Wildman–Crippen MR) is 115 cm³/mol. The van der Waals surface area contributed by atoms with Crippen LogP contribution in [0.25, 0.3) is 21.5 Å². The Balaban J connectivity index is 1.91. The van der Waals surface area contributed by atoms with Gasteiger partial charge in [0, 0.05) is 0 Å². The van der Waals surface area contributed by atoms with Gasteiger partial charge >= 0.3 is 0 Å². The van der Waals surface area contributed by atoms with E-state index >= 15 is 0 Å². The van der Waals surface area contributed by atoms with Crippen LogP contribution in [0.15, 0.2) is 71.6 Å². The van der Waals surface area contributed by atoms with Crippen LogP contribution in [0.2, 0.25) is 0 Å². The molecule has 0 aliphatic carbocycles. The van der Waals surface area contributed by atoms with E-state index in [1.54, 1.807) is 12.1 Å². The standard InChI is InChI=1S/C24H22O3S/c1-3-17-10-11-18(23-7-5-4-6-22(17)23)14-19-9-8-16(2)21-13-12-20(15-24(19)21)28(25,26)27/h4-13,15H,3,14H2,1-2H3,(H,25,26,27). The molecule has 0 heterocycles. The summed E-state index contributed by atoms with van der Waals surface area (Å²) >= 11 is 0. The van der Waals surface area contributed by atoms with Crippen molar-refractivity contribution in [3.63, 3.8) is 0 Å². The van der Waals surface area contributed by atoms with E-state index in [1.165, 1.54) is 28.0 Å². The molecule has 0 aromatic heterocycles. The molecule has 0 atom stereocenters. The first-order valence-electron chi connectivity index (χ1n) is 9.37. The summed E-state index contributed by atoms with van der Waals surface area (Å²) in [4.78, 5) is -0.0713. The lowest BCUT2D eigenvalue weighted by Gasteiger charge is -2.14. The van der Waals surface area contributed by atoms with Crippen molar-refractivity contribution in [1.82, 2.24) is 0 Å². The quantitative estimate of drug-likeness (QED) is 0.455. The van der Waals surface area contributed by atoms with Gasteiger partial charge in [-0.2, -0.15) is 8.42 Å². The first-order chi connectivity index (χ1) is 13.4. The van der Waals surface area contributed by atoms with Crippen LogP contribution in [-0.2, 0) is 23.0 Å². The number of fused-ring (bicyclic) bond motifs is 2. The molecule has 4 aromatic carbocycles. The van der Waals surface area contributed by atoms with Gasteiger partial charge in [0.2, 0.25) is 0 Å². The van der Waals surface area contributed by atoms with Crippen LogP contribution in [0.4, 0.5) is 0 Å². The van der Waals surface area contributed by atoms with Crippen molar-refractivity contribution < 1.29 is 13.0 Å². The fourth-order valence-electron chi connectivity index (χ4n) is 3.94. The second kappa shape index (κ2) is 7.04. The molecule has 0 saturated carbocycles. The fourth-order valence-corrected chi connectivity index (χ4v) is 4.45. The summed E-state index contributed by atoms with van der Waals surface area (Å²) in [7, 11) is -4.24. The molecule has 4 aromatic rings. The van der Waals surface area contributed by atoms with Crippen LogP contribution in [-0.4, -0.2) is 13.0 Å². The highest BCUT2D eigenvalue weighted by Crippen LogP contribution is 2.30. The third kappa shape index (κ3) is 3.30. The van der Waals surface area contributed by atoms with Gasteiger partial charge < -0.3 is 0 Å². The average molecular weight is 391 g/mol. The first kappa shape index (κ1) is 18.7. The highest BCUT2D eigenvalue weighted by Gasteiger charge is 2.14. The lowest BCUT2D eigenvalue weighted by Crippen LogP contribution is -1.99. The fraction of sp³-hybridized carbons (Fsp3) is 0.167. The van der Waals surface area contributed by atoms with Gasteiger partial charge in [-0.25, -0.2) is 0 Å². The number of benzene rings is 4. The molecule has 28 heavy (non-hydrogen) atoms. The lowest BCUT2D eigenvalue weighted by molar-refractivity contribution is 0.483. The summed E-state index contributed by atoms with van der Waals surface area (Å²) < 4.78 is 32.7. The first-order valence-corrected chi connectivity index (χ1v) is 10.8. The third-order valence-corrected chi connectivity index (χ3v) is 6.31. The van der Waals surface area contributed by atoms with Crippen molar-refractivity contribution in [2.45, 2.75) is 31.6 Å². The van der Waals surface area contributed by atoms with Crippen LogP contribution in [0.3, 0.4) is 0 Å². The topological polar surface area (TPSA) is 54.4 Å². The van der Waals surface area contributed by atoms with E-state index in [4.69, 9.17) is 0 Å². The Morgan fingerprint density at radius 1 is 0.750 bits per heavy atom. The smallest absolute Gasteiger partial charge is 0.282 e. The van der Waals surface area contributed by atoms with Gasteiger partial charge in [-0.15, -0.1) is 0 Å². The van der Waals surface area contributed by atoms with E-state index < -0.39 is 10.1 Å². The molecule has 0 spiro atoms. The maximum atomic E-state index is 11.6. The van der Waals surface area contributed by atoms with E-state index in [-0.39, 0.29) is 4.90 Å². The molecule has 3 nitrogen and oxygen atoms in total. The van der Waals surface area contributed by atoms with E-state index in [0.29, 0.717) is 6.42 Å². The van der Waals surface area contributed by atoms with E-state index in [9.17, 15) is 13.0 Å². The Hall–Kier alpha value is -2.69. The second-order valence-electron chi connectivity index (χ2n) is 7.18. The van der Waals surface area contributed by atoms with Gasteiger partial charge in [0.05, 0.1) is 4.90 Å². The molecule has 0 radical (unpaired) electrons. The minimum Gasteiger partial charge on any atom is -0.282 e. The lowest BCUT2D eigenvalue weighted by atomic mass is 9.91. The van der Waals surface area contributed by atoms with Crippen molar-refractivity contribution in [3.8, 4) is 0 Å². The maximum absolute atomic E-state index is 11.6. The van der Waals surface area contributed by atoms with Gasteiger partial charge in [-0.3, -0.25) is 4.55 Å². The summed E-state index contributed by atoms with van der Waals surface area (Å²) in [5.74, 6) is 0. The zero-order valence-electron chi connectivity index (χ0n) is 15.9. The molecule has 0 saturated heterocycles. The zero-order valence-corrected chi connectivity index (χ0v) is 16.8. The van der Waals surface area contributed by atoms with Crippen molar-refractivity contribution in [3.05, 3.63) is 89.0 Å². The Bertz CT molecular complexity index is 1300. The third-order valence-electron chi connectivity index (χ3n) is 5.46. The monoisotopic (exact) mass is 390 g/mol. The molecule has 0 fully saturated rings. The molecule has 0 aliphatic heterocycles. The molecule has 1 N–H and O–H groups in total. The molecule has 4 rings (SSSR count). The Morgan fingerprint density at radius 3 is 2.04 bits per heavy atom. The number of rotatable bonds is 4. The van der Waals surface area contributed by atoms with Crippen molar-refractivity contribution >= 4 is 31.7 Å². The summed E-state index contributed by atoms with van der Waals surface area (Å²) in [6.07, 6.45) is 1.67. The van der Waals surface area contributed by atoms with Gasteiger partial charge in [0.25, 0.3) is 10.1 Å². The van der Waals surface area contributed by atoms with E-state index in [2.05, 4.69) is 49.4 Å². The van der Waals surface area contributed by atoms with Gasteiger partial charge in [-0.05, 0) is 75.7 Å². The Kier molecular flexibility index (Phi) is 4.69.